The van der Waals surface area contributed by atoms with Crippen LogP contribution in [0.25, 0.3) is 0 Å². The normalized spacial score (nSPS) is 22.7. The van der Waals surface area contributed by atoms with E-state index in [1.54, 1.807) is 0 Å². The largest absolute Gasteiger partial charge is 0.494 e. The van der Waals surface area contributed by atoms with Crippen LogP contribution in [0.15, 0.2) is 10.3 Å². The zero-order valence-corrected chi connectivity index (χ0v) is 12.7. The van der Waals surface area contributed by atoms with E-state index in [4.69, 9.17) is 36.5 Å². The molecule has 1 aromatic heterocycles. The van der Waals surface area contributed by atoms with E-state index in [-0.39, 0.29) is 10.6 Å². The summed E-state index contributed by atoms with van der Waals surface area (Å²) in [4.78, 5) is 11.3. The predicted octanol–water partition coefficient (Wildman–Crippen LogP) is 2.15. The Morgan fingerprint density at radius 1 is 1.58 bits per heavy atom. The van der Waals surface area contributed by atoms with Crippen molar-refractivity contribution in [3.05, 3.63) is 10.3 Å². The van der Waals surface area contributed by atoms with Crippen molar-refractivity contribution in [2.24, 2.45) is 0 Å². The molecule has 2 heterocycles. The summed E-state index contributed by atoms with van der Waals surface area (Å²) in [5.41, 5.74) is 0. The Bertz CT molecular complexity index is 604. The van der Waals surface area contributed by atoms with Crippen LogP contribution in [0.3, 0.4) is 0 Å². The molecule has 0 saturated carbocycles. The standard InChI is InChI=1S/C9H8Cl2O6S2/c1-15-5-4-18-6(7(5)19(11,13)14)8(12)17-9(10)2-3-16-9/h4H,2-3H2,1H3. The fourth-order valence-electron chi connectivity index (χ4n) is 1.37. The first kappa shape index (κ1) is 14.9. The number of thiophene rings is 1. The van der Waals surface area contributed by atoms with E-state index in [1.165, 1.54) is 12.5 Å². The molecule has 1 aliphatic heterocycles. The van der Waals surface area contributed by atoms with Crippen LogP contribution < -0.4 is 4.74 Å². The van der Waals surface area contributed by atoms with Gasteiger partial charge in [-0.1, -0.05) is 0 Å². The second kappa shape index (κ2) is 5.10. The lowest BCUT2D eigenvalue weighted by Gasteiger charge is -2.34. The summed E-state index contributed by atoms with van der Waals surface area (Å²) in [5.74, 6) is -0.952. The highest BCUT2D eigenvalue weighted by atomic mass is 35.7. The van der Waals surface area contributed by atoms with Gasteiger partial charge >= 0.3 is 5.97 Å². The summed E-state index contributed by atoms with van der Waals surface area (Å²) in [7, 11) is 2.39. The number of hydrogen-bond acceptors (Lipinski definition) is 7. The van der Waals surface area contributed by atoms with Crippen LogP contribution in [-0.2, 0) is 18.5 Å². The van der Waals surface area contributed by atoms with Crippen molar-refractivity contribution >= 4 is 48.6 Å². The third kappa shape index (κ3) is 2.97. The summed E-state index contributed by atoms with van der Waals surface area (Å²) in [6, 6.07) is 0. The van der Waals surface area contributed by atoms with Gasteiger partial charge in [-0.25, -0.2) is 13.2 Å². The van der Waals surface area contributed by atoms with Gasteiger partial charge in [0.15, 0.2) is 0 Å². The molecule has 1 saturated heterocycles. The van der Waals surface area contributed by atoms with Crippen molar-refractivity contribution in [1.82, 2.24) is 0 Å². The number of carbonyl (C=O) groups excluding carboxylic acids is 1. The van der Waals surface area contributed by atoms with Crippen molar-refractivity contribution in [3.63, 3.8) is 0 Å². The van der Waals surface area contributed by atoms with Crippen molar-refractivity contribution < 1.29 is 27.4 Å². The van der Waals surface area contributed by atoms with E-state index >= 15 is 0 Å². The van der Waals surface area contributed by atoms with Crippen LogP contribution in [0, 0.1) is 0 Å². The number of halogens is 2. The van der Waals surface area contributed by atoms with E-state index in [0.29, 0.717) is 13.0 Å². The monoisotopic (exact) mass is 346 g/mol. The number of carbonyl (C=O) groups is 1. The molecule has 0 aliphatic carbocycles. The Labute approximate surface area is 122 Å². The molecular weight excluding hydrogens is 339 g/mol. The lowest BCUT2D eigenvalue weighted by Crippen LogP contribution is -2.42. The third-order valence-corrected chi connectivity index (χ3v) is 5.13. The van der Waals surface area contributed by atoms with Gasteiger partial charge in [0.05, 0.1) is 20.1 Å². The summed E-state index contributed by atoms with van der Waals surface area (Å²) < 4.78 is 37.6. The molecule has 106 valence electrons. The van der Waals surface area contributed by atoms with Crippen LogP contribution >= 0.6 is 33.6 Å². The van der Waals surface area contributed by atoms with Crippen LogP contribution in [0.1, 0.15) is 16.1 Å². The lowest BCUT2D eigenvalue weighted by atomic mass is 10.3. The SMILES string of the molecule is COc1csc(C(=O)OC2(Cl)CCO2)c1S(=O)(=O)Cl. The summed E-state index contributed by atoms with van der Waals surface area (Å²) >= 11 is 6.62. The average Bonchev–Trinajstić information content (AvgIpc) is 2.70. The van der Waals surface area contributed by atoms with Crippen LogP contribution in [-0.4, -0.2) is 33.4 Å². The highest BCUT2D eigenvalue weighted by Gasteiger charge is 2.42. The molecule has 1 aliphatic rings. The van der Waals surface area contributed by atoms with Gasteiger partial charge in [-0.2, -0.15) is 0 Å². The molecular formula is C9H8Cl2O6S2. The minimum absolute atomic E-state index is 0.0231. The van der Waals surface area contributed by atoms with Gasteiger partial charge in [-0.05, 0) is 11.6 Å². The lowest BCUT2D eigenvalue weighted by molar-refractivity contribution is -0.220. The van der Waals surface area contributed by atoms with Crippen molar-refractivity contribution in [2.45, 2.75) is 16.6 Å². The van der Waals surface area contributed by atoms with Crippen molar-refractivity contribution in [3.8, 4) is 5.75 Å². The van der Waals surface area contributed by atoms with E-state index in [1.807, 2.05) is 0 Å². The highest BCUT2D eigenvalue weighted by molar-refractivity contribution is 8.14. The molecule has 0 aromatic carbocycles. The number of ether oxygens (including phenoxy) is 3. The van der Waals surface area contributed by atoms with Gasteiger partial charge in [-0.3, -0.25) is 0 Å². The molecule has 2 rings (SSSR count). The van der Waals surface area contributed by atoms with E-state index < -0.39 is 25.2 Å². The molecule has 1 aromatic rings. The number of methoxy groups -OCH3 is 1. The number of esters is 1. The molecule has 1 atom stereocenters. The quantitative estimate of drug-likeness (QED) is 0.472. The Morgan fingerprint density at radius 2 is 2.21 bits per heavy atom. The maximum absolute atomic E-state index is 11.9. The predicted molar refractivity (Wildman–Crippen MR) is 68.5 cm³/mol. The Hall–Kier alpha value is -0.540. The Balaban J connectivity index is 2.34. The molecule has 0 bridgehead atoms. The van der Waals surface area contributed by atoms with Gasteiger partial charge in [0.2, 0.25) is 0 Å². The molecule has 0 spiro atoms. The molecule has 0 amide bonds. The summed E-state index contributed by atoms with van der Waals surface area (Å²) in [5, 5.41) is -0.184. The second-order valence-electron chi connectivity index (χ2n) is 3.55. The van der Waals surface area contributed by atoms with E-state index in [9.17, 15) is 13.2 Å². The minimum atomic E-state index is -4.15. The van der Waals surface area contributed by atoms with Gasteiger partial charge in [0.25, 0.3) is 14.3 Å². The van der Waals surface area contributed by atoms with Gasteiger partial charge in [0.1, 0.15) is 15.5 Å². The number of rotatable bonds is 4. The van der Waals surface area contributed by atoms with Gasteiger partial charge < -0.3 is 14.2 Å². The van der Waals surface area contributed by atoms with Crippen molar-refractivity contribution in [1.29, 1.82) is 0 Å². The first-order valence-corrected chi connectivity index (χ1v) is 8.50. The van der Waals surface area contributed by atoms with Crippen LogP contribution in [0.4, 0.5) is 0 Å². The average molecular weight is 347 g/mol. The minimum Gasteiger partial charge on any atom is -0.494 e. The molecule has 19 heavy (non-hydrogen) atoms. The summed E-state index contributed by atoms with van der Waals surface area (Å²) in [6.45, 7) is 0.366. The maximum Gasteiger partial charge on any atom is 0.353 e. The molecule has 6 nitrogen and oxygen atoms in total. The number of alkyl halides is 1. The fraction of sp³-hybridized carbons (Fsp3) is 0.444. The smallest absolute Gasteiger partial charge is 0.353 e. The molecule has 1 unspecified atom stereocenters. The van der Waals surface area contributed by atoms with Crippen LogP contribution in [0.2, 0.25) is 0 Å². The third-order valence-electron chi connectivity index (χ3n) is 2.33. The zero-order valence-electron chi connectivity index (χ0n) is 9.51. The molecule has 0 radical (unpaired) electrons. The van der Waals surface area contributed by atoms with Gasteiger partial charge in [-0.15, -0.1) is 11.3 Å². The first-order chi connectivity index (χ1) is 8.77. The zero-order chi connectivity index (χ0) is 14.3. The van der Waals surface area contributed by atoms with E-state index in [0.717, 1.165) is 11.3 Å². The van der Waals surface area contributed by atoms with Gasteiger partial charge in [0, 0.05) is 16.1 Å². The van der Waals surface area contributed by atoms with Crippen LogP contribution in [0.5, 0.6) is 5.75 Å². The molecule has 1 fully saturated rings. The summed E-state index contributed by atoms with van der Waals surface area (Å²) in [6.07, 6.45) is 0.325. The Morgan fingerprint density at radius 3 is 2.63 bits per heavy atom. The Kier molecular flexibility index (Phi) is 3.99. The number of hydrogen-bond donors (Lipinski definition) is 0. The second-order valence-corrected chi connectivity index (χ2v) is 7.51. The highest BCUT2D eigenvalue weighted by Crippen LogP contribution is 2.39. The fourth-order valence-corrected chi connectivity index (χ4v) is 4.21. The molecule has 10 heteroatoms. The topological polar surface area (TPSA) is 78.9 Å². The molecule has 0 N–H and O–H groups in total. The first-order valence-electron chi connectivity index (χ1n) is 4.93. The van der Waals surface area contributed by atoms with E-state index in [2.05, 4.69) is 0 Å². The van der Waals surface area contributed by atoms with Crippen molar-refractivity contribution in [2.75, 3.05) is 13.7 Å². The maximum atomic E-state index is 11.9.